The van der Waals surface area contributed by atoms with Gasteiger partial charge in [0.25, 0.3) is 5.56 Å². The monoisotopic (exact) mass is 231 g/mol. The minimum absolute atomic E-state index is 0.0229. The number of carbonyl (C=O) groups is 1. The molecule has 0 bridgehead atoms. The molecular formula is C8H12N4O4. The molecule has 0 radical (unpaired) electrons. The number of ether oxygens (including phenoxy) is 1. The van der Waals surface area contributed by atoms with Gasteiger partial charge in [0.15, 0.2) is 5.69 Å². The van der Waals surface area contributed by atoms with Gasteiger partial charge in [0.05, 0.1) is 6.61 Å². The maximum absolute atomic E-state index is 11.8. The van der Waals surface area contributed by atoms with Gasteiger partial charge in [-0.15, -0.1) is 0 Å². The zero-order valence-electron chi connectivity index (χ0n) is 11.4. The summed E-state index contributed by atoms with van der Waals surface area (Å²) in [5.74, 6) is -0.455. The lowest BCUT2D eigenvalue weighted by Gasteiger charge is -2.07. The van der Waals surface area contributed by atoms with Gasteiger partial charge in [-0.25, -0.2) is 9.59 Å². The van der Waals surface area contributed by atoms with Gasteiger partial charge in [0, 0.05) is 11.1 Å². The lowest BCUT2D eigenvalue weighted by molar-refractivity contribution is 0.168. The van der Waals surface area contributed by atoms with Crippen molar-refractivity contribution in [3.05, 3.63) is 20.8 Å². The Morgan fingerprint density at radius 2 is 2.38 bits per heavy atom. The molecule has 0 spiro atoms. The molecule has 0 atom stereocenters. The number of amides is 1. The van der Waals surface area contributed by atoms with Crippen molar-refractivity contribution in [2.75, 3.05) is 17.7 Å². The van der Waals surface area contributed by atoms with E-state index >= 15 is 0 Å². The van der Waals surface area contributed by atoms with Crippen LogP contribution in [-0.2, 0) is 11.7 Å². The molecule has 0 unspecified atom stereocenters. The molecule has 1 heterocycles. The Morgan fingerprint density at radius 3 is 2.94 bits per heavy atom. The van der Waals surface area contributed by atoms with Gasteiger partial charge in [-0.2, -0.15) is 0 Å². The van der Waals surface area contributed by atoms with Gasteiger partial charge < -0.3 is 10.5 Å². The second-order valence-electron chi connectivity index (χ2n) is 2.70. The van der Waals surface area contributed by atoms with E-state index in [2.05, 4.69) is 4.74 Å². The number of anilines is 2. The van der Waals surface area contributed by atoms with Crippen molar-refractivity contribution in [1.82, 2.24) is 9.55 Å². The largest absolute Gasteiger partial charge is 0.450 e. The fraction of sp³-hybridized carbons (Fsp3) is 0.375. The topological polar surface area (TPSA) is 119 Å². The number of nitrogens with two attached hydrogens (primary N) is 1. The fourth-order valence-electron chi connectivity index (χ4n) is 0.943. The zero-order chi connectivity index (χ0) is 14.8. The summed E-state index contributed by atoms with van der Waals surface area (Å²) in [6.45, 7) is -1.41. The van der Waals surface area contributed by atoms with E-state index in [1.807, 2.05) is 10.3 Å². The SMILES string of the molecule is [2H]C([2H])([2H])n1c(=O)[nH]c(N)c(NC(=O)OCC)c1=O. The van der Waals surface area contributed by atoms with Crippen LogP contribution in [0.25, 0.3) is 0 Å². The van der Waals surface area contributed by atoms with Gasteiger partial charge >= 0.3 is 11.8 Å². The molecule has 0 aliphatic heterocycles. The molecule has 0 aliphatic carbocycles. The highest BCUT2D eigenvalue weighted by atomic mass is 16.5. The summed E-state index contributed by atoms with van der Waals surface area (Å²) < 4.78 is 25.7. The number of hydrogen-bond donors (Lipinski definition) is 3. The first-order valence-corrected chi connectivity index (χ1v) is 4.27. The van der Waals surface area contributed by atoms with Crippen LogP contribution in [0.3, 0.4) is 0 Å². The molecule has 8 nitrogen and oxygen atoms in total. The second-order valence-corrected chi connectivity index (χ2v) is 2.70. The van der Waals surface area contributed by atoms with Crippen LogP contribution in [0.4, 0.5) is 16.3 Å². The Balaban J connectivity index is 3.39. The summed E-state index contributed by atoms with van der Waals surface area (Å²) in [6, 6.07) is 0. The summed E-state index contributed by atoms with van der Waals surface area (Å²) in [4.78, 5) is 36.4. The van der Waals surface area contributed by atoms with Crippen LogP contribution in [-0.4, -0.2) is 22.3 Å². The van der Waals surface area contributed by atoms with Crippen LogP contribution >= 0.6 is 0 Å². The molecule has 0 aromatic carbocycles. The Hall–Kier alpha value is -2.25. The van der Waals surface area contributed by atoms with E-state index in [-0.39, 0.29) is 11.2 Å². The summed E-state index contributed by atoms with van der Waals surface area (Å²) >= 11 is 0. The first-order valence-electron chi connectivity index (χ1n) is 5.77. The Morgan fingerprint density at radius 1 is 1.69 bits per heavy atom. The highest BCUT2D eigenvalue weighted by Crippen LogP contribution is 2.06. The number of hydrogen-bond acceptors (Lipinski definition) is 5. The average Bonchev–Trinajstić information content (AvgIpc) is 2.22. The predicted octanol–water partition coefficient (Wildman–Crippen LogP) is -0.776. The molecule has 0 aliphatic rings. The van der Waals surface area contributed by atoms with Crippen molar-refractivity contribution in [2.24, 2.45) is 6.98 Å². The molecule has 16 heavy (non-hydrogen) atoms. The first-order chi connectivity index (χ1) is 8.68. The quantitative estimate of drug-likeness (QED) is 0.617. The van der Waals surface area contributed by atoms with E-state index in [0.29, 0.717) is 0 Å². The highest BCUT2D eigenvalue weighted by Gasteiger charge is 2.12. The lowest BCUT2D eigenvalue weighted by Crippen LogP contribution is -2.36. The highest BCUT2D eigenvalue weighted by molar-refractivity contribution is 5.87. The van der Waals surface area contributed by atoms with Crippen LogP contribution in [0.1, 0.15) is 11.0 Å². The van der Waals surface area contributed by atoms with Crippen LogP contribution in [0.15, 0.2) is 9.59 Å². The number of carbonyl (C=O) groups excluding carboxylic acids is 1. The number of H-pyrrole nitrogens is 1. The molecule has 1 rings (SSSR count). The van der Waals surface area contributed by atoms with E-state index in [4.69, 9.17) is 9.85 Å². The van der Waals surface area contributed by atoms with Gasteiger partial charge in [0.2, 0.25) is 0 Å². The predicted molar refractivity (Wildman–Crippen MR) is 57.4 cm³/mol. The molecule has 0 saturated heterocycles. The lowest BCUT2D eigenvalue weighted by atomic mass is 10.4. The number of aromatic nitrogens is 2. The molecule has 1 amide bonds. The van der Waals surface area contributed by atoms with E-state index in [0.717, 1.165) is 0 Å². The molecule has 1 aromatic rings. The number of nitrogens with zero attached hydrogens (tertiary/aromatic N) is 1. The molecule has 1 aromatic heterocycles. The Bertz CT molecular complexity index is 603. The summed E-state index contributed by atoms with van der Waals surface area (Å²) in [6.07, 6.45) is -0.990. The fourth-order valence-corrected chi connectivity index (χ4v) is 0.943. The Labute approximate surface area is 94.2 Å². The summed E-state index contributed by atoms with van der Waals surface area (Å²) in [5, 5.41) is 1.98. The van der Waals surface area contributed by atoms with Crippen LogP contribution in [0.5, 0.6) is 0 Å². The second kappa shape index (κ2) is 4.51. The van der Waals surface area contributed by atoms with Crippen molar-refractivity contribution in [3.8, 4) is 0 Å². The van der Waals surface area contributed by atoms with Crippen molar-refractivity contribution in [3.63, 3.8) is 0 Å². The molecule has 8 heteroatoms. The Kier molecular flexibility index (Phi) is 2.25. The molecule has 4 N–H and O–H groups in total. The van der Waals surface area contributed by atoms with Gasteiger partial charge in [-0.1, -0.05) is 0 Å². The number of nitrogens with one attached hydrogen (secondary N) is 2. The third-order valence-corrected chi connectivity index (χ3v) is 1.63. The third kappa shape index (κ3) is 2.22. The maximum atomic E-state index is 11.8. The molecule has 0 saturated carbocycles. The van der Waals surface area contributed by atoms with Gasteiger partial charge in [0.1, 0.15) is 5.82 Å². The van der Waals surface area contributed by atoms with E-state index in [1.54, 1.807) is 0 Å². The van der Waals surface area contributed by atoms with Gasteiger partial charge in [-0.3, -0.25) is 19.7 Å². The maximum Gasteiger partial charge on any atom is 0.411 e. The van der Waals surface area contributed by atoms with Crippen molar-refractivity contribution < 1.29 is 13.6 Å². The van der Waals surface area contributed by atoms with Crippen molar-refractivity contribution in [1.29, 1.82) is 0 Å². The zero-order valence-corrected chi connectivity index (χ0v) is 8.36. The molecular weight excluding hydrogens is 216 g/mol. The van der Waals surface area contributed by atoms with Gasteiger partial charge in [-0.05, 0) is 6.92 Å². The van der Waals surface area contributed by atoms with Crippen LogP contribution < -0.4 is 22.3 Å². The number of aromatic amines is 1. The number of nitrogen functional groups attached to an aromatic ring is 1. The van der Waals surface area contributed by atoms with E-state index < -0.39 is 35.8 Å². The standard InChI is InChI=1S/C8H12N4O4/c1-3-16-8(15)10-4-5(9)11-7(14)12(2)6(4)13/h3,9H2,1-2H3,(H,10,15)(H,11,14)/i2D3. The van der Waals surface area contributed by atoms with Crippen molar-refractivity contribution in [2.45, 2.75) is 6.92 Å². The van der Waals surface area contributed by atoms with Crippen molar-refractivity contribution >= 4 is 17.6 Å². The summed E-state index contributed by atoms with van der Waals surface area (Å²) in [7, 11) is 0. The molecule has 88 valence electrons. The molecule has 0 fully saturated rings. The minimum atomic E-state index is -3.00. The number of rotatable bonds is 2. The average molecular weight is 231 g/mol. The smallest absolute Gasteiger partial charge is 0.411 e. The normalized spacial score (nSPS) is 13.4. The summed E-state index contributed by atoms with van der Waals surface area (Å²) in [5.41, 5.74) is 2.36. The third-order valence-electron chi connectivity index (χ3n) is 1.63. The van der Waals surface area contributed by atoms with E-state index in [9.17, 15) is 14.4 Å². The van der Waals surface area contributed by atoms with Crippen LogP contribution in [0, 0.1) is 0 Å². The van der Waals surface area contributed by atoms with Crippen LogP contribution in [0.2, 0.25) is 0 Å². The van der Waals surface area contributed by atoms with E-state index in [1.165, 1.54) is 6.92 Å². The first kappa shape index (κ1) is 7.97. The minimum Gasteiger partial charge on any atom is -0.450 e.